The lowest BCUT2D eigenvalue weighted by atomic mass is 10.1. The van der Waals surface area contributed by atoms with Gasteiger partial charge < -0.3 is 19.3 Å². The Morgan fingerprint density at radius 2 is 1.71 bits per heavy atom. The molecule has 0 aromatic heterocycles. The Hall–Kier alpha value is -1.91. The second kappa shape index (κ2) is 7.77. The van der Waals surface area contributed by atoms with Gasteiger partial charge in [-0.2, -0.15) is 0 Å². The number of ether oxygens (including phenoxy) is 2. The molecule has 0 bridgehead atoms. The molecule has 3 rings (SSSR count). The highest BCUT2D eigenvalue weighted by Crippen LogP contribution is 2.30. The molecule has 0 radical (unpaired) electrons. The zero-order valence-corrected chi connectivity index (χ0v) is 15.0. The van der Waals surface area contributed by atoms with Crippen LogP contribution >= 0.6 is 11.6 Å². The summed E-state index contributed by atoms with van der Waals surface area (Å²) in [5.74, 6) is 1.65. The van der Waals surface area contributed by atoms with Gasteiger partial charge in [-0.25, -0.2) is 0 Å². The van der Waals surface area contributed by atoms with E-state index in [0.717, 1.165) is 49.2 Å². The van der Waals surface area contributed by atoms with Gasteiger partial charge in [-0.3, -0.25) is 0 Å². The van der Waals surface area contributed by atoms with E-state index in [1.165, 1.54) is 11.3 Å². The van der Waals surface area contributed by atoms with Crippen molar-refractivity contribution in [2.24, 2.45) is 0 Å². The first kappa shape index (κ1) is 16.9. The fourth-order valence-corrected chi connectivity index (χ4v) is 3.40. The highest BCUT2D eigenvalue weighted by Gasteiger charge is 2.22. The van der Waals surface area contributed by atoms with Crippen LogP contribution < -0.4 is 19.3 Å². The van der Waals surface area contributed by atoms with E-state index in [-0.39, 0.29) is 0 Å². The van der Waals surface area contributed by atoms with Crippen molar-refractivity contribution in [2.75, 3.05) is 45.3 Å². The predicted molar refractivity (Wildman–Crippen MR) is 97.6 cm³/mol. The molecule has 1 aliphatic rings. The van der Waals surface area contributed by atoms with Gasteiger partial charge in [0.2, 0.25) is 0 Å². The quantitative estimate of drug-likeness (QED) is 0.898. The van der Waals surface area contributed by atoms with E-state index in [1.807, 2.05) is 24.3 Å². The van der Waals surface area contributed by atoms with E-state index in [1.54, 1.807) is 19.1 Å². The molecule has 5 heteroatoms. The molecule has 0 saturated carbocycles. The van der Waals surface area contributed by atoms with Gasteiger partial charge in [0.25, 0.3) is 0 Å². The first-order chi connectivity index (χ1) is 11.7. The third-order valence-corrected chi connectivity index (χ3v) is 4.84. The average Bonchev–Trinajstić information content (AvgIpc) is 2.63. The lowest BCUT2D eigenvalue weighted by Gasteiger charge is -2.34. The van der Waals surface area contributed by atoms with Crippen molar-refractivity contribution in [3.05, 3.63) is 53.1 Å². The number of benzene rings is 2. The number of hydrogen-bond acceptors (Lipinski definition) is 3. The maximum Gasteiger partial charge on any atom is 0.169 e. The summed E-state index contributed by atoms with van der Waals surface area (Å²) in [4.78, 5) is 3.98. The number of para-hydroxylation sites is 1. The van der Waals surface area contributed by atoms with Crippen molar-refractivity contribution in [2.45, 2.75) is 6.54 Å². The monoisotopic (exact) mass is 347 g/mol. The number of quaternary nitrogens is 1. The van der Waals surface area contributed by atoms with E-state index in [0.29, 0.717) is 0 Å². The van der Waals surface area contributed by atoms with Crippen molar-refractivity contribution in [1.82, 2.24) is 0 Å². The van der Waals surface area contributed by atoms with Crippen LogP contribution in [0.1, 0.15) is 5.56 Å². The number of nitrogens with one attached hydrogen (secondary N) is 1. The second-order valence-corrected chi connectivity index (χ2v) is 6.48. The summed E-state index contributed by atoms with van der Waals surface area (Å²) in [5, 5.41) is 0.785. The Morgan fingerprint density at radius 3 is 2.33 bits per heavy atom. The molecule has 2 aromatic carbocycles. The molecule has 0 atom stereocenters. The maximum atomic E-state index is 5.97. The van der Waals surface area contributed by atoms with Crippen LogP contribution in [0.3, 0.4) is 0 Å². The van der Waals surface area contributed by atoms with E-state index < -0.39 is 0 Å². The minimum atomic E-state index is 0.785. The topological polar surface area (TPSA) is 26.1 Å². The average molecular weight is 348 g/mol. The SMILES string of the molecule is COc1cccc(C[NH+]2CCN(c3ccc(Cl)cc3)CC2)c1OC. The number of halogens is 1. The molecular formula is C19H24ClN2O2+. The first-order valence-corrected chi connectivity index (χ1v) is 8.63. The molecule has 24 heavy (non-hydrogen) atoms. The zero-order chi connectivity index (χ0) is 16.9. The molecule has 0 unspecified atom stereocenters. The van der Waals surface area contributed by atoms with Crippen molar-refractivity contribution >= 4 is 17.3 Å². The smallest absolute Gasteiger partial charge is 0.169 e. The Kier molecular flexibility index (Phi) is 5.48. The molecule has 0 spiro atoms. The summed E-state index contributed by atoms with van der Waals surface area (Å²) in [6, 6.07) is 14.2. The minimum absolute atomic E-state index is 0.785. The molecule has 0 amide bonds. The molecular weight excluding hydrogens is 324 g/mol. The molecule has 0 aliphatic carbocycles. The van der Waals surface area contributed by atoms with Crippen LogP contribution in [0.15, 0.2) is 42.5 Å². The second-order valence-electron chi connectivity index (χ2n) is 6.04. The summed E-state index contributed by atoms with van der Waals surface area (Å²) in [6.45, 7) is 5.24. The van der Waals surface area contributed by atoms with Crippen molar-refractivity contribution < 1.29 is 14.4 Å². The van der Waals surface area contributed by atoms with E-state index in [2.05, 4.69) is 23.1 Å². The third kappa shape index (κ3) is 3.77. The number of rotatable bonds is 5. The molecule has 128 valence electrons. The van der Waals surface area contributed by atoms with Gasteiger partial charge in [0.15, 0.2) is 11.5 Å². The van der Waals surface area contributed by atoms with E-state index >= 15 is 0 Å². The van der Waals surface area contributed by atoms with Crippen molar-refractivity contribution in [3.8, 4) is 11.5 Å². The molecule has 1 heterocycles. The Labute approximate surface area is 148 Å². The molecule has 4 nitrogen and oxygen atoms in total. The van der Waals surface area contributed by atoms with Crippen LogP contribution in [-0.2, 0) is 6.54 Å². The van der Waals surface area contributed by atoms with Crippen LogP contribution in [0.5, 0.6) is 11.5 Å². The number of methoxy groups -OCH3 is 2. The number of piperazine rings is 1. The van der Waals surface area contributed by atoms with Gasteiger partial charge in [-0.05, 0) is 36.4 Å². The van der Waals surface area contributed by atoms with Crippen LogP contribution in [0, 0.1) is 0 Å². The highest BCUT2D eigenvalue weighted by molar-refractivity contribution is 6.30. The molecule has 1 aliphatic heterocycles. The molecule has 1 saturated heterocycles. The van der Waals surface area contributed by atoms with E-state index in [9.17, 15) is 0 Å². The summed E-state index contributed by atoms with van der Waals surface area (Å²) in [5.41, 5.74) is 2.45. The van der Waals surface area contributed by atoms with Crippen LogP contribution in [0.4, 0.5) is 5.69 Å². The van der Waals surface area contributed by atoms with Crippen LogP contribution in [0.2, 0.25) is 5.02 Å². The molecule has 1 fully saturated rings. The summed E-state index contributed by atoms with van der Waals surface area (Å²) < 4.78 is 10.9. The van der Waals surface area contributed by atoms with Gasteiger partial charge in [0.1, 0.15) is 6.54 Å². The maximum absolute atomic E-state index is 5.97. The zero-order valence-electron chi connectivity index (χ0n) is 14.2. The summed E-state index contributed by atoms with van der Waals surface area (Å²) in [7, 11) is 3.38. The predicted octanol–water partition coefficient (Wildman–Crippen LogP) is 2.26. The third-order valence-electron chi connectivity index (χ3n) is 4.59. The van der Waals surface area contributed by atoms with E-state index in [4.69, 9.17) is 21.1 Å². The fraction of sp³-hybridized carbons (Fsp3) is 0.368. The fourth-order valence-electron chi connectivity index (χ4n) is 3.27. The van der Waals surface area contributed by atoms with Crippen molar-refractivity contribution in [1.29, 1.82) is 0 Å². The molecule has 2 aromatic rings. The van der Waals surface area contributed by atoms with Crippen LogP contribution in [-0.4, -0.2) is 40.4 Å². The lowest BCUT2D eigenvalue weighted by Crippen LogP contribution is -3.13. The largest absolute Gasteiger partial charge is 0.493 e. The van der Waals surface area contributed by atoms with Crippen molar-refractivity contribution in [3.63, 3.8) is 0 Å². The Morgan fingerprint density at radius 1 is 1.00 bits per heavy atom. The molecule has 1 N–H and O–H groups in total. The van der Waals surface area contributed by atoms with Gasteiger partial charge in [0.05, 0.1) is 46.0 Å². The first-order valence-electron chi connectivity index (χ1n) is 8.25. The minimum Gasteiger partial charge on any atom is -0.493 e. The normalized spacial score (nSPS) is 15.4. The van der Waals surface area contributed by atoms with Gasteiger partial charge >= 0.3 is 0 Å². The highest BCUT2D eigenvalue weighted by atomic mass is 35.5. The van der Waals surface area contributed by atoms with Gasteiger partial charge in [0, 0.05) is 10.7 Å². The number of anilines is 1. The lowest BCUT2D eigenvalue weighted by molar-refractivity contribution is -0.914. The van der Waals surface area contributed by atoms with Gasteiger partial charge in [-0.1, -0.05) is 17.7 Å². The number of nitrogens with zero attached hydrogens (tertiary/aromatic N) is 1. The number of hydrogen-bond donors (Lipinski definition) is 1. The Bertz CT molecular complexity index is 668. The summed E-state index contributed by atoms with van der Waals surface area (Å²) in [6.07, 6.45) is 0. The summed E-state index contributed by atoms with van der Waals surface area (Å²) >= 11 is 5.97. The van der Waals surface area contributed by atoms with Gasteiger partial charge in [-0.15, -0.1) is 0 Å². The Balaban J connectivity index is 1.62. The van der Waals surface area contributed by atoms with Crippen LogP contribution in [0.25, 0.3) is 0 Å². The standard InChI is InChI=1S/C19H23ClN2O2/c1-23-18-5-3-4-15(19(18)24-2)14-21-10-12-22(13-11-21)17-8-6-16(20)7-9-17/h3-9H,10-14H2,1-2H3/p+1.